The Morgan fingerprint density at radius 3 is 2.73 bits per heavy atom. The van der Waals surface area contributed by atoms with Crippen LogP contribution in [0.4, 0.5) is 5.82 Å². The number of rotatable bonds is 1. The molecule has 0 aromatic carbocycles. The van der Waals surface area contributed by atoms with Gasteiger partial charge in [0, 0.05) is 0 Å². The van der Waals surface area contributed by atoms with Crippen LogP contribution in [0.3, 0.4) is 0 Å². The summed E-state index contributed by atoms with van der Waals surface area (Å²) in [4.78, 5) is 0. The van der Waals surface area contributed by atoms with Gasteiger partial charge in [0.2, 0.25) is 0 Å². The molecule has 0 spiro atoms. The van der Waals surface area contributed by atoms with E-state index < -0.39 is 0 Å². The summed E-state index contributed by atoms with van der Waals surface area (Å²) in [6.07, 6.45) is 6.90. The molecule has 2 rings (SSSR count). The lowest BCUT2D eigenvalue weighted by molar-refractivity contribution is 0.474. The normalized spacial score (nSPS) is 19.3. The maximum absolute atomic E-state index is 5.72. The summed E-state index contributed by atoms with van der Waals surface area (Å²) in [5.41, 5.74) is 5.72. The van der Waals surface area contributed by atoms with Crippen molar-refractivity contribution in [2.45, 2.75) is 31.7 Å². The van der Waals surface area contributed by atoms with Crippen LogP contribution in [0.2, 0.25) is 0 Å². The minimum atomic E-state index is 0.574. The Bertz CT molecular complexity index is 235. The number of nitrogens with zero attached hydrogens (tertiary/aromatic N) is 2. The third kappa shape index (κ3) is 1.11. The number of nitrogen functional groups attached to an aromatic ring is 1. The minimum absolute atomic E-state index is 0.574. The van der Waals surface area contributed by atoms with Crippen molar-refractivity contribution in [2.24, 2.45) is 0 Å². The Balaban J connectivity index is 2.21. The molecule has 1 fully saturated rings. The van der Waals surface area contributed by atoms with E-state index in [-0.39, 0.29) is 0 Å². The third-order valence-electron chi connectivity index (χ3n) is 2.37. The highest BCUT2D eigenvalue weighted by Gasteiger charge is 2.18. The van der Waals surface area contributed by atoms with Crippen LogP contribution in [0.1, 0.15) is 31.7 Å². The third-order valence-corrected chi connectivity index (χ3v) is 2.37. The van der Waals surface area contributed by atoms with Gasteiger partial charge in [0.25, 0.3) is 0 Å². The first-order valence-corrected chi connectivity index (χ1v) is 4.17. The van der Waals surface area contributed by atoms with Crippen molar-refractivity contribution in [3.8, 4) is 0 Å². The Labute approximate surface area is 66.2 Å². The van der Waals surface area contributed by atoms with Crippen LogP contribution < -0.4 is 5.73 Å². The van der Waals surface area contributed by atoms with Gasteiger partial charge in [-0.3, -0.25) is 0 Å². The molecule has 1 saturated carbocycles. The van der Waals surface area contributed by atoms with Crippen molar-refractivity contribution in [3.05, 3.63) is 12.3 Å². The summed E-state index contributed by atoms with van der Waals surface area (Å²) in [5.74, 6) is 0.803. The zero-order valence-electron chi connectivity index (χ0n) is 6.53. The van der Waals surface area contributed by atoms with Crippen LogP contribution in [-0.2, 0) is 0 Å². The van der Waals surface area contributed by atoms with Gasteiger partial charge >= 0.3 is 0 Å². The second-order valence-corrected chi connectivity index (χ2v) is 3.14. The molecule has 0 atom stereocenters. The lowest BCUT2D eigenvalue weighted by Crippen LogP contribution is -2.09. The fourth-order valence-corrected chi connectivity index (χ4v) is 1.78. The lowest BCUT2D eigenvalue weighted by atomic mass is 10.2. The molecule has 1 aliphatic carbocycles. The van der Waals surface area contributed by atoms with Crippen molar-refractivity contribution in [3.63, 3.8) is 0 Å². The van der Waals surface area contributed by atoms with Crippen molar-refractivity contribution in [2.75, 3.05) is 5.73 Å². The molecule has 1 heterocycles. The van der Waals surface area contributed by atoms with Crippen LogP contribution >= 0.6 is 0 Å². The Morgan fingerprint density at radius 2 is 2.18 bits per heavy atom. The first-order chi connectivity index (χ1) is 5.38. The van der Waals surface area contributed by atoms with Gasteiger partial charge in [0.05, 0.1) is 12.2 Å². The smallest absolute Gasteiger partial charge is 0.121 e. The Kier molecular flexibility index (Phi) is 1.56. The van der Waals surface area contributed by atoms with E-state index in [4.69, 9.17) is 5.73 Å². The van der Waals surface area contributed by atoms with Crippen molar-refractivity contribution in [1.82, 2.24) is 9.78 Å². The van der Waals surface area contributed by atoms with E-state index in [1.54, 1.807) is 6.20 Å². The summed E-state index contributed by atoms with van der Waals surface area (Å²) >= 11 is 0. The fraction of sp³-hybridized carbons (Fsp3) is 0.625. The zero-order chi connectivity index (χ0) is 7.68. The molecule has 2 N–H and O–H groups in total. The molecule has 11 heavy (non-hydrogen) atoms. The first-order valence-electron chi connectivity index (χ1n) is 4.17. The maximum atomic E-state index is 5.72. The molecule has 0 bridgehead atoms. The van der Waals surface area contributed by atoms with Crippen LogP contribution in [0.5, 0.6) is 0 Å². The molecule has 0 radical (unpaired) electrons. The molecule has 0 aliphatic heterocycles. The van der Waals surface area contributed by atoms with Gasteiger partial charge in [-0.05, 0) is 18.9 Å². The zero-order valence-corrected chi connectivity index (χ0v) is 6.53. The molecule has 1 aromatic heterocycles. The largest absolute Gasteiger partial charge is 0.384 e. The van der Waals surface area contributed by atoms with E-state index in [1.165, 1.54) is 25.7 Å². The van der Waals surface area contributed by atoms with Crippen molar-refractivity contribution >= 4 is 5.82 Å². The highest BCUT2D eigenvalue weighted by atomic mass is 15.3. The van der Waals surface area contributed by atoms with Crippen LogP contribution in [-0.4, -0.2) is 9.78 Å². The van der Waals surface area contributed by atoms with E-state index in [0.29, 0.717) is 6.04 Å². The van der Waals surface area contributed by atoms with E-state index in [2.05, 4.69) is 5.10 Å². The average Bonchev–Trinajstić information content (AvgIpc) is 2.55. The Morgan fingerprint density at radius 1 is 1.45 bits per heavy atom. The second kappa shape index (κ2) is 2.57. The monoisotopic (exact) mass is 151 g/mol. The quantitative estimate of drug-likeness (QED) is 0.662. The van der Waals surface area contributed by atoms with E-state index in [9.17, 15) is 0 Å². The van der Waals surface area contributed by atoms with Crippen LogP contribution in [0.25, 0.3) is 0 Å². The molecular formula is C8H13N3. The number of nitrogens with two attached hydrogens (primary N) is 1. The molecule has 1 aliphatic rings. The number of anilines is 1. The van der Waals surface area contributed by atoms with E-state index >= 15 is 0 Å². The number of aromatic nitrogens is 2. The highest BCUT2D eigenvalue weighted by molar-refractivity contribution is 5.26. The average molecular weight is 151 g/mol. The summed E-state index contributed by atoms with van der Waals surface area (Å²) in [7, 11) is 0. The van der Waals surface area contributed by atoms with Gasteiger partial charge in [0.15, 0.2) is 0 Å². The van der Waals surface area contributed by atoms with Gasteiger partial charge in [0.1, 0.15) is 5.82 Å². The molecule has 0 unspecified atom stereocenters. The molecule has 3 heteroatoms. The van der Waals surface area contributed by atoms with Gasteiger partial charge in [-0.25, -0.2) is 4.68 Å². The first kappa shape index (κ1) is 6.70. The highest BCUT2D eigenvalue weighted by Crippen LogP contribution is 2.30. The minimum Gasteiger partial charge on any atom is -0.384 e. The maximum Gasteiger partial charge on any atom is 0.121 e. The van der Waals surface area contributed by atoms with E-state index in [1.807, 2.05) is 10.7 Å². The summed E-state index contributed by atoms with van der Waals surface area (Å²) in [6, 6.07) is 2.43. The van der Waals surface area contributed by atoms with Gasteiger partial charge < -0.3 is 5.73 Å². The van der Waals surface area contributed by atoms with Crippen LogP contribution in [0, 0.1) is 0 Å². The Hall–Kier alpha value is -0.990. The fourth-order valence-electron chi connectivity index (χ4n) is 1.78. The van der Waals surface area contributed by atoms with E-state index in [0.717, 1.165) is 5.82 Å². The number of hydrogen-bond acceptors (Lipinski definition) is 2. The lowest BCUT2D eigenvalue weighted by Gasteiger charge is -2.10. The molecule has 0 amide bonds. The predicted octanol–water partition coefficient (Wildman–Crippen LogP) is 1.58. The second-order valence-electron chi connectivity index (χ2n) is 3.14. The van der Waals surface area contributed by atoms with Crippen LogP contribution in [0.15, 0.2) is 12.3 Å². The topological polar surface area (TPSA) is 43.8 Å². The molecule has 3 nitrogen and oxygen atoms in total. The van der Waals surface area contributed by atoms with Gasteiger partial charge in [-0.2, -0.15) is 5.10 Å². The van der Waals surface area contributed by atoms with Gasteiger partial charge in [-0.15, -0.1) is 0 Å². The summed E-state index contributed by atoms with van der Waals surface area (Å²) < 4.78 is 1.95. The molecule has 1 aromatic rings. The molecular weight excluding hydrogens is 138 g/mol. The summed E-state index contributed by atoms with van der Waals surface area (Å²) in [6.45, 7) is 0. The molecule has 0 saturated heterocycles. The predicted molar refractivity (Wildman–Crippen MR) is 44.1 cm³/mol. The molecule has 60 valence electrons. The van der Waals surface area contributed by atoms with Gasteiger partial charge in [-0.1, -0.05) is 12.8 Å². The summed E-state index contributed by atoms with van der Waals surface area (Å²) in [5, 5.41) is 4.19. The van der Waals surface area contributed by atoms with Crippen molar-refractivity contribution < 1.29 is 0 Å². The number of hydrogen-bond donors (Lipinski definition) is 1. The van der Waals surface area contributed by atoms with Crippen molar-refractivity contribution in [1.29, 1.82) is 0 Å². The SMILES string of the molecule is Nc1ccnn1C1CCCC1. The standard InChI is InChI=1S/C8H13N3/c9-8-5-6-10-11(8)7-3-1-2-4-7/h5-7H,1-4,9H2.